The summed E-state index contributed by atoms with van der Waals surface area (Å²) in [5.74, 6) is -1.02. The summed E-state index contributed by atoms with van der Waals surface area (Å²) < 4.78 is 13.1. The van der Waals surface area contributed by atoms with Gasteiger partial charge >= 0.3 is 0 Å². The molecule has 84 valence electrons. The van der Waals surface area contributed by atoms with Crippen LogP contribution in [-0.4, -0.2) is 27.6 Å². The molecule has 1 aromatic rings. The molecule has 0 spiro atoms. The number of hydrogen-bond acceptors (Lipinski definition) is 5. The van der Waals surface area contributed by atoms with Crippen molar-refractivity contribution in [2.24, 2.45) is 0 Å². The van der Waals surface area contributed by atoms with Gasteiger partial charge in [0.1, 0.15) is 6.10 Å². The van der Waals surface area contributed by atoms with Gasteiger partial charge in [0.15, 0.2) is 6.29 Å². The standard InChI is InChI=1S/C10H9FN2O3/c11-10-7(5-14)6(2-4-13-10)9(16)8(15)1-3-12/h2,4-5,8-9,15-16H,1H2. The molecule has 0 aliphatic carbocycles. The van der Waals surface area contributed by atoms with E-state index in [-0.39, 0.29) is 18.3 Å². The summed E-state index contributed by atoms with van der Waals surface area (Å²) in [7, 11) is 0. The Morgan fingerprint density at radius 2 is 2.31 bits per heavy atom. The molecule has 1 heterocycles. The van der Waals surface area contributed by atoms with Crippen molar-refractivity contribution in [2.45, 2.75) is 18.6 Å². The minimum absolute atomic E-state index is 0.0785. The van der Waals surface area contributed by atoms with E-state index in [0.717, 1.165) is 6.20 Å². The molecule has 0 fully saturated rings. The fourth-order valence-corrected chi connectivity index (χ4v) is 1.25. The average Bonchev–Trinajstić information content (AvgIpc) is 2.28. The van der Waals surface area contributed by atoms with Crippen molar-refractivity contribution in [1.29, 1.82) is 5.26 Å². The van der Waals surface area contributed by atoms with Crippen LogP contribution in [0.1, 0.15) is 28.4 Å². The largest absolute Gasteiger partial charge is 0.389 e. The predicted octanol–water partition coefficient (Wildman–Crippen LogP) is 0.341. The van der Waals surface area contributed by atoms with E-state index < -0.39 is 23.7 Å². The van der Waals surface area contributed by atoms with Gasteiger partial charge in [-0.25, -0.2) is 4.98 Å². The lowest BCUT2D eigenvalue weighted by molar-refractivity contribution is 0.0210. The third kappa shape index (κ3) is 2.39. The van der Waals surface area contributed by atoms with E-state index in [2.05, 4.69) is 4.98 Å². The van der Waals surface area contributed by atoms with Crippen LogP contribution in [-0.2, 0) is 0 Å². The van der Waals surface area contributed by atoms with Crippen molar-refractivity contribution in [3.63, 3.8) is 0 Å². The maximum Gasteiger partial charge on any atom is 0.223 e. The van der Waals surface area contributed by atoms with Crippen molar-refractivity contribution in [3.8, 4) is 6.07 Å². The van der Waals surface area contributed by atoms with Gasteiger partial charge in [0, 0.05) is 6.20 Å². The molecule has 0 radical (unpaired) electrons. The molecule has 5 nitrogen and oxygen atoms in total. The molecule has 0 saturated heterocycles. The Balaban J connectivity index is 3.08. The fraction of sp³-hybridized carbons (Fsp3) is 0.300. The van der Waals surface area contributed by atoms with Crippen LogP contribution in [0.15, 0.2) is 12.3 Å². The molecule has 0 aliphatic heterocycles. The van der Waals surface area contributed by atoms with Gasteiger partial charge in [-0.1, -0.05) is 0 Å². The highest BCUT2D eigenvalue weighted by Gasteiger charge is 2.22. The molecular formula is C10H9FN2O3. The van der Waals surface area contributed by atoms with Crippen LogP contribution >= 0.6 is 0 Å². The first-order valence-electron chi connectivity index (χ1n) is 4.44. The quantitative estimate of drug-likeness (QED) is 0.568. The first kappa shape index (κ1) is 12.2. The maximum absolute atomic E-state index is 13.1. The smallest absolute Gasteiger partial charge is 0.223 e. The van der Waals surface area contributed by atoms with Crippen LogP contribution in [0.3, 0.4) is 0 Å². The summed E-state index contributed by atoms with van der Waals surface area (Å²) in [6.45, 7) is 0. The van der Waals surface area contributed by atoms with Gasteiger partial charge in [-0.15, -0.1) is 0 Å². The highest BCUT2D eigenvalue weighted by molar-refractivity contribution is 5.77. The number of hydrogen-bond donors (Lipinski definition) is 2. The van der Waals surface area contributed by atoms with E-state index >= 15 is 0 Å². The van der Waals surface area contributed by atoms with E-state index in [1.165, 1.54) is 6.07 Å². The molecule has 6 heteroatoms. The Kier molecular flexibility index (Phi) is 4.05. The normalized spacial score (nSPS) is 13.9. The molecular weight excluding hydrogens is 215 g/mol. The van der Waals surface area contributed by atoms with E-state index in [0.29, 0.717) is 0 Å². The van der Waals surface area contributed by atoms with E-state index in [1.54, 1.807) is 6.07 Å². The van der Waals surface area contributed by atoms with Crippen LogP contribution in [0.5, 0.6) is 0 Å². The second-order valence-electron chi connectivity index (χ2n) is 3.10. The number of aliphatic hydroxyl groups excluding tert-OH is 2. The lowest BCUT2D eigenvalue weighted by Gasteiger charge is -2.16. The molecule has 2 atom stereocenters. The highest BCUT2D eigenvalue weighted by Crippen LogP contribution is 2.22. The van der Waals surface area contributed by atoms with Crippen molar-refractivity contribution in [2.75, 3.05) is 0 Å². The van der Waals surface area contributed by atoms with Crippen molar-refractivity contribution >= 4 is 6.29 Å². The van der Waals surface area contributed by atoms with Gasteiger partial charge in [0.2, 0.25) is 5.95 Å². The number of halogens is 1. The first-order valence-corrected chi connectivity index (χ1v) is 4.44. The topological polar surface area (TPSA) is 94.2 Å². The summed E-state index contributed by atoms with van der Waals surface area (Å²) in [6.07, 6.45) is -1.90. The zero-order valence-electron chi connectivity index (χ0n) is 8.17. The summed E-state index contributed by atoms with van der Waals surface area (Å²) >= 11 is 0. The Morgan fingerprint density at radius 3 is 2.88 bits per heavy atom. The van der Waals surface area contributed by atoms with Gasteiger partial charge in [0.05, 0.1) is 24.2 Å². The third-order valence-electron chi connectivity index (χ3n) is 2.08. The number of rotatable bonds is 4. The number of pyridine rings is 1. The zero-order chi connectivity index (χ0) is 12.1. The fourth-order valence-electron chi connectivity index (χ4n) is 1.25. The monoisotopic (exact) mass is 224 g/mol. The summed E-state index contributed by atoms with van der Waals surface area (Å²) in [5, 5.41) is 27.3. The van der Waals surface area contributed by atoms with Crippen LogP contribution in [0.2, 0.25) is 0 Å². The van der Waals surface area contributed by atoms with Gasteiger partial charge in [-0.3, -0.25) is 4.79 Å². The molecule has 0 bridgehead atoms. The Morgan fingerprint density at radius 1 is 1.62 bits per heavy atom. The Labute approximate surface area is 90.8 Å². The number of aromatic nitrogens is 1. The van der Waals surface area contributed by atoms with Crippen molar-refractivity contribution in [1.82, 2.24) is 4.98 Å². The van der Waals surface area contributed by atoms with Gasteiger partial charge in [-0.2, -0.15) is 9.65 Å². The van der Waals surface area contributed by atoms with Crippen molar-refractivity contribution < 1.29 is 19.4 Å². The van der Waals surface area contributed by atoms with Crippen LogP contribution in [0.4, 0.5) is 4.39 Å². The van der Waals surface area contributed by atoms with E-state index in [9.17, 15) is 19.4 Å². The minimum atomic E-state index is -1.49. The zero-order valence-corrected chi connectivity index (χ0v) is 8.17. The van der Waals surface area contributed by atoms with Crippen molar-refractivity contribution in [3.05, 3.63) is 29.3 Å². The minimum Gasteiger partial charge on any atom is -0.389 e. The van der Waals surface area contributed by atoms with E-state index in [1.807, 2.05) is 0 Å². The summed E-state index contributed by atoms with van der Waals surface area (Å²) in [6, 6.07) is 2.88. The molecule has 0 aliphatic rings. The van der Waals surface area contributed by atoms with Gasteiger partial charge in [0.25, 0.3) is 0 Å². The summed E-state index contributed by atoms with van der Waals surface area (Å²) in [4.78, 5) is 13.8. The third-order valence-corrected chi connectivity index (χ3v) is 2.08. The number of nitriles is 1. The highest BCUT2D eigenvalue weighted by atomic mass is 19.1. The second-order valence-corrected chi connectivity index (χ2v) is 3.10. The second kappa shape index (κ2) is 5.30. The van der Waals surface area contributed by atoms with Gasteiger partial charge in [-0.05, 0) is 11.6 Å². The van der Waals surface area contributed by atoms with Crippen LogP contribution < -0.4 is 0 Å². The molecule has 16 heavy (non-hydrogen) atoms. The van der Waals surface area contributed by atoms with Gasteiger partial charge < -0.3 is 10.2 Å². The van der Waals surface area contributed by atoms with Crippen LogP contribution in [0, 0.1) is 17.3 Å². The summed E-state index contributed by atoms with van der Waals surface area (Å²) in [5.41, 5.74) is -0.489. The lowest BCUT2D eigenvalue weighted by atomic mass is 9.99. The number of nitrogens with zero attached hydrogens (tertiary/aromatic N) is 2. The number of aliphatic hydroxyl groups is 2. The van der Waals surface area contributed by atoms with E-state index in [4.69, 9.17) is 5.26 Å². The predicted molar refractivity (Wildman–Crippen MR) is 50.8 cm³/mol. The Hall–Kier alpha value is -1.84. The SMILES string of the molecule is N#CCC(O)C(O)c1ccnc(F)c1C=O. The number of carbonyl (C=O) groups excluding carboxylic acids is 1. The molecule has 2 N–H and O–H groups in total. The van der Waals surface area contributed by atoms with Crippen LogP contribution in [0.25, 0.3) is 0 Å². The molecule has 1 rings (SSSR count). The molecule has 2 unspecified atom stereocenters. The number of carbonyl (C=O) groups is 1. The Bertz CT molecular complexity index is 431. The molecule has 1 aromatic heterocycles. The molecule has 0 amide bonds. The molecule has 0 aromatic carbocycles. The first-order chi connectivity index (χ1) is 7.61. The number of aldehydes is 1. The lowest BCUT2D eigenvalue weighted by Crippen LogP contribution is -2.19. The average molecular weight is 224 g/mol. The maximum atomic E-state index is 13.1. The molecule has 0 saturated carbocycles.